The average molecular weight is 526 g/mol. The number of piperidine rings is 1. The number of carbonyl (C=O) groups is 2. The van der Waals surface area contributed by atoms with Crippen molar-refractivity contribution in [2.45, 2.75) is 32.3 Å². The van der Waals surface area contributed by atoms with Gasteiger partial charge in [0.1, 0.15) is 6.10 Å². The number of rotatable bonds is 7. The number of hydrogen-bond donors (Lipinski definition) is 2. The van der Waals surface area contributed by atoms with Crippen LogP contribution in [0.25, 0.3) is 0 Å². The third-order valence-corrected chi connectivity index (χ3v) is 5.82. The Balaban J connectivity index is 0.000000519. The van der Waals surface area contributed by atoms with Gasteiger partial charge in [-0.15, -0.1) is 15.3 Å². The van der Waals surface area contributed by atoms with Gasteiger partial charge in [-0.3, -0.25) is 9.59 Å². The zero-order valence-electron chi connectivity index (χ0n) is 21.7. The number of hydrogen-bond acceptors (Lipinski definition) is 8. The number of aromatic nitrogens is 4. The van der Waals surface area contributed by atoms with Gasteiger partial charge in [0.25, 0.3) is 0 Å². The van der Waals surface area contributed by atoms with Crippen molar-refractivity contribution in [2.24, 2.45) is 0 Å². The number of nitrogens with zero attached hydrogens (tertiary/aromatic N) is 5. The molecule has 39 heavy (non-hydrogen) atoms. The molecule has 2 aromatic carbocycles. The molecule has 10 heteroatoms. The van der Waals surface area contributed by atoms with E-state index in [-0.39, 0.29) is 24.3 Å². The second kappa shape index (κ2) is 14.2. The highest BCUT2D eigenvalue weighted by Crippen LogP contribution is 2.26. The molecule has 0 atom stereocenters. The van der Waals surface area contributed by atoms with E-state index in [2.05, 4.69) is 35.9 Å². The minimum atomic E-state index is -0.154. The summed E-state index contributed by atoms with van der Waals surface area (Å²) in [4.78, 5) is 25.7. The highest BCUT2D eigenvalue weighted by Gasteiger charge is 2.24. The highest BCUT2D eigenvalue weighted by molar-refractivity contribution is 5.92. The number of amides is 2. The molecular weight excluding hydrogens is 494 g/mol. The minimum absolute atomic E-state index is 0.0186. The Morgan fingerprint density at radius 2 is 1.51 bits per heavy atom. The van der Waals surface area contributed by atoms with E-state index >= 15 is 0 Å². The summed E-state index contributed by atoms with van der Waals surface area (Å²) in [7, 11) is 0. The Morgan fingerprint density at radius 3 is 2.13 bits per heavy atom. The molecule has 0 radical (unpaired) electrons. The van der Waals surface area contributed by atoms with Crippen molar-refractivity contribution in [1.29, 1.82) is 0 Å². The van der Waals surface area contributed by atoms with Gasteiger partial charge in [-0.1, -0.05) is 66.7 Å². The van der Waals surface area contributed by atoms with E-state index in [1.54, 1.807) is 24.4 Å². The molecule has 0 saturated carbocycles. The lowest BCUT2D eigenvalue weighted by Gasteiger charge is -2.33. The molecule has 200 valence electrons. The van der Waals surface area contributed by atoms with Crippen LogP contribution < -0.4 is 20.3 Å². The quantitative estimate of drug-likeness (QED) is 0.369. The number of nitrogens with one attached hydrogen (secondary N) is 2. The van der Waals surface area contributed by atoms with Crippen molar-refractivity contribution in [3.63, 3.8) is 0 Å². The van der Waals surface area contributed by atoms with E-state index < -0.39 is 0 Å². The topological polar surface area (TPSA) is 122 Å². The Kier molecular flexibility index (Phi) is 9.88. The summed E-state index contributed by atoms with van der Waals surface area (Å²) in [6, 6.07) is 26.6. The molecule has 2 aromatic heterocycles. The second-order valence-corrected chi connectivity index (χ2v) is 8.88. The maximum atomic E-state index is 12.2. The van der Waals surface area contributed by atoms with Crippen LogP contribution >= 0.6 is 0 Å². The molecule has 0 spiro atoms. The zero-order valence-corrected chi connectivity index (χ0v) is 21.7. The fourth-order valence-electron chi connectivity index (χ4n) is 4.00. The van der Waals surface area contributed by atoms with Crippen LogP contribution in [0.3, 0.4) is 0 Å². The molecule has 1 aliphatic rings. The van der Waals surface area contributed by atoms with Gasteiger partial charge in [0, 0.05) is 38.9 Å². The van der Waals surface area contributed by atoms with Crippen molar-refractivity contribution in [2.75, 3.05) is 28.6 Å². The van der Waals surface area contributed by atoms with E-state index in [1.807, 2.05) is 66.7 Å². The average Bonchev–Trinajstić information content (AvgIpc) is 2.96. The summed E-state index contributed by atoms with van der Waals surface area (Å²) in [5.74, 6) is 1.14. The molecule has 1 saturated heterocycles. The monoisotopic (exact) mass is 525 g/mol. The fourth-order valence-corrected chi connectivity index (χ4v) is 4.00. The van der Waals surface area contributed by atoms with Crippen molar-refractivity contribution in [3.8, 4) is 5.88 Å². The van der Waals surface area contributed by atoms with E-state index in [1.165, 1.54) is 6.92 Å². The van der Waals surface area contributed by atoms with Crippen LogP contribution in [0, 0.1) is 0 Å². The molecule has 2 N–H and O–H groups in total. The standard InChI is InChI=1S/C23H25N7O3.C6H6/c1-16(31)25-19-9-12-24-29-23(19)30-13-10-18(11-14-30)33-22-8-7-20(27-28-22)26-21(32)15-17-5-3-2-4-6-17;1-2-4-6-5-3-1/h2-9,12,18H,10-11,13-15H2,1H3,(H,24,25,31)(H,26,27,32);1-6H. The van der Waals surface area contributed by atoms with Crippen LogP contribution in [0.5, 0.6) is 5.88 Å². The van der Waals surface area contributed by atoms with Gasteiger partial charge in [0.2, 0.25) is 17.7 Å². The summed E-state index contributed by atoms with van der Waals surface area (Å²) in [6.07, 6.45) is 3.32. The summed E-state index contributed by atoms with van der Waals surface area (Å²) >= 11 is 0. The Hall–Kier alpha value is -4.86. The lowest BCUT2D eigenvalue weighted by molar-refractivity contribution is -0.116. The van der Waals surface area contributed by atoms with Gasteiger partial charge in [-0.25, -0.2) is 0 Å². The summed E-state index contributed by atoms with van der Waals surface area (Å²) in [5, 5.41) is 21.8. The predicted molar refractivity (Wildman–Crippen MR) is 149 cm³/mol. The van der Waals surface area contributed by atoms with Crippen LogP contribution in [-0.4, -0.2) is 51.4 Å². The predicted octanol–water partition coefficient (Wildman–Crippen LogP) is 4.14. The van der Waals surface area contributed by atoms with Crippen LogP contribution in [0.15, 0.2) is 91.1 Å². The molecule has 10 nitrogen and oxygen atoms in total. The molecule has 1 fully saturated rings. The van der Waals surface area contributed by atoms with Crippen LogP contribution in [0.1, 0.15) is 25.3 Å². The molecule has 0 aliphatic carbocycles. The number of anilines is 3. The maximum absolute atomic E-state index is 12.2. The van der Waals surface area contributed by atoms with Gasteiger partial charge in [-0.05, 0) is 17.7 Å². The largest absolute Gasteiger partial charge is 0.473 e. The smallest absolute Gasteiger partial charge is 0.233 e. The Bertz CT molecular complexity index is 1290. The van der Waals surface area contributed by atoms with E-state index in [9.17, 15) is 9.59 Å². The Morgan fingerprint density at radius 1 is 0.846 bits per heavy atom. The number of carbonyl (C=O) groups excluding carboxylic acids is 2. The number of benzene rings is 2. The second-order valence-electron chi connectivity index (χ2n) is 8.88. The SMILES string of the molecule is CC(=O)Nc1ccnnc1N1CCC(Oc2ccc(NC(=O)Cc3ccccc3)nn2)CC1.c1ccccc1. The minimum Gasteiger partial charge on any atom is -0.473 e. The maximum Gasteiger partial charge on any atom is 0.233 e. The first kappa shape index (κ1) is 27.2. The van der Waals surface area contributed by atoms with E-state index in [0.717, 1.165) is 18.4 Å². The molecule has 5 rings (SSSR count). The molecule has 2 amide bonds. The van der Waals surface area contributed by atoms with Gasteiger partial charge >= 0.3 is 0 Å². The van der Waals surface area contributed by atoms with E-state index in [0.29, 0.717) is 36.3 Å². The van der Waals surface area contributed by atoms with Crippen molar-refractivity contribution in [3.05, 3.63) is 96.7 Å². The van der Waals surface area contributed by atoms with Gasteiger partial charge in [0.05, 0.1) is 18.3 Å². The van der Waals surface area contributed by atoms with Crippen LogP contribution in [0.2, 0.25) is 0 Å². The first-order valence-corrected chi connectivity index (χ1v) is 12.8. The molecule has 1 aliphatic heterocycles. The summed E-state index contributed by atoms with van der Waals surface area (Å²) in [6.45, 7) is 2.87. The lowest BCUT2D eigenvalue weighted by atomic mass is 10.1. The lowest BCUT2D eigenvalue weighted by Crippen LogP contribution is -2.39. The van der Waals surface area contributed by atoms with Crippen LogP contribution in [0.4, 0.5) is 17.3 Å². The van der Waals surface area contributed by atoms with Crippen molar-refractivity contribution in [1.82, 2.24) is 20.4 Å². The van der Waals surface area contributed by atoms with E-state index in [4.69, 9.17) is 4.74 Å². The third kappa shape index (κ3) is 8.89. The normalized spacial score (nSPS) is 13.0. The number of ether oxygens (including phenoxy) is 1. The molecule has 0 unspecified atom stereocenters. The van der Waals surface area contributed by atoms with Crippen molar-refractivity contribution >= 4 is 29.1 Å². The Labute approximate surface area is 227 Å². The summed E-state index contributed by atoms with van der Waals surface area (Å²) < 4.78 is 5.97. The van der Waals surface area contributed by atoms with Crippen LogP contribution in [-0.2, 0) is 16.0 Å². The fraction of sp³-hybridized carbons (Fsp3) is 0.241. The van der Waals surface area contributed by atoms with Gasteiger partial charge in [0.15, 0.2) is 11.6 Å². The summed E-state index contributed by atoms with van der Waals surface area (Å²) in [5.41, 5.74) is 1.58. The van der Waals surface area contributed by atoms with Gasteiger partial charge < -0.3 is 20.3 Å². The first-order chi connectivity index (χ1) is 19.1. The third-order valence-electron chi connectivity index (χ3n) is 5.82. The molecule has 3 heterocycles. The molecule has 4 aromatic rings. The van der Waals surface area contributed by atoms with Crippen molar-refractivity contribution < 1.29 is 14.3 Å². The molecule has 0 bridgehead atoms. The first-order valence-electron chi connectivity index (χ1n) is 12.8. The molecular formula is C29H31N7O3. The zero-order chi connectivity index (χ0) is 27.3. The highest BCUT2D eigenvalue weighted by atomic mass is 16.5. The van der Waals surface area contributed by atoms with Gasteiger partial charge in [-0.2, -0.15) is 5.10 Å².